The number of quaternary nitrogens is 1. The standard InChI is InChI=1S/C21H25N3O2S/c1-15-7-5-8-18-19(15)22-21(27-18)24(14-6-13-23(2)3)20(25)16-9-11-17(26-4)12-10-16/h5,7-12H,6,13-14H2,1-4H3/p+1. The minimum atomic E-state index is -0.0249. The van der Waals surface area contributed by atoms with E-state index in [0.717, 1.165) is 39.6 Å². The Kier molecular flexibility index (Phi) is 6.08. The number of fused-ring (bicyclic) bond motifs is 1. The number of nitrogens with one attached hydrogen (secondary N) is 1. The molecule has 27 heavy (non-hydrogen) atoms. The number of anilines is 1. The number of benzene rings is 2. The molecule has 2 aromatic carbocycles. The molecule has 0 unspecified atom stereocenters. The van der Waals surface area contributed by atoms with E-state index in [-0.39, 0.29) is 5.91 Å². The average molecular weight is 385 g/mol. The third-order valence-electron chi connectivity index (χ3n) is 4.48. The van der Waals surface area contributed by atoms with Crippen molar-refractivity contribution < 1.29 is 14.4 Å². The van der Waals surface area contributed by atoms with Crippen LogP contribution in [0.1, 0.15) is 22.3 Å². The zero-order valence-corrected chi connectivity index (χ0v) is 17.1. The van der Waals surface area contributed by atoms with Crippen molar-refractivity contribution in [3.63, 3.8) is 0 Å². The van der Waals surface area contributed by atoms with Gasteiger partial charge in [-0.3, -0.25) is 9.69 Å². The summed E-state index contributed by atoms with van der Waals surface area (Å²) in [6.07, 6.45) is 0.916. The first kappa shape index (κ1) is 19.3. The van der Waals surface area contributed by atoms with Gasteiger partial charge in [-0.2, -0.15) is 0 Å². The molecule has 6 heteroatoms. The smallest absolute Gasteiger partial charge is 0.260 e. The molecule has 0 bridgehead atoms. The zero-order valence-electron chi connectivity index (χ0n) is 16.3. The van der Waals surface area contributed by atoms with Crippen molar-refractivity contribution in [1.82, 2.24) is 4.98 Å². The number of aryl methyl sites for hydroxylation is 1. The average Bonchev–Trinajstić information content (AvgIpc) is 3.10. The summed E-state index contributed by atoms with van der Waals surface area (Å²) in [5.74, 6) is 0.716. The fraction of sp³-hybridized carbons (Fsp3) is 0.333. The van der Waals surface area contributed by atoms with Crippen LogP contribution in [0.25, 0.3) is 10.2 Å². The number of ether oxygens (including phenoxy) is 1. The monoisotopic (exact) mass is 384 g/mol. The molecule has 1 heterocycles. The molecule has 142 valence electrons. The Morgan fingerprint density at radius 3 is 2.56 bits per heavy atom. The molecule has 0 spiro atoms. The SMILES string of the molecule is COc1ccc(C(=O)N(CCC[NH+](C)C)c2nc3c(C)cccc3s2)cc1. The molecular weight excluding hydrogens is 358 g/mol. The summed E-state index contributed by atoms with van der Waals surface area (Å²) in [6, 6.07) is 13.4. The van der Waals surface area contributed by atoms with Crippen LogP contribution in [0.5, 0.6) is 5.75 Å². The summed E-state index contributed by atoms with van der Waals surface area (Å²) in [4.78, 5) is 21.2. The molecule has 0 radical (unpaired) electrons. The first-order valence-corrected chi connectivity index (χ1v) is 9.92. The lowest BCUT2D eigenvalue weighted by Gasteiger charge is -2.20. The van der Waals surface area contributed by atoms with E-state index in [1.807, 2.05) is 35.2 Å². The molecule has 0 aliphatic rings. The van der Waals surface area contributed by atoms with Gasteiger partial charge >= 0.3 is 0 Å². The van der Waals surface area contributed by atoms with E-state index in [4.69, 9.17) is 9.72 Å². The maximum atomic E-state index is 13.2. The van der Waals surface area contributed by atoms with Crippen LogP contribution >= 0.6 is 11.3 Å². The van der Waals surface area contributed by atoms with E-state index in [0.29, 0.717) is 12.1 Å². The minimum Gasteiger partial charge on any atom is -0.497 e. The number of thiazole rings is 1. The number of nitrogens with zero attached hydrogens (tertiary/aromatic N) is 2. The lowest BCUT2D eigenvalue weighted by molar-refractivity contribution is -0.858. The van der Waals surface area contributed by atoms with Gasteiger partial charge in [-0.1, -0.05) is 23.5 Å². The lowest BCUT2D eigenvalue weighted by atomic mass is 10.2. The van der Waals surface area contributed by atoms with E-state index in [9.17, 15) is 4.79 Å². The highest BCUT2D eigenvalue weighted by atomic mass is 32.1. The molecule has 0 fully saturated rings. The summed E-state index contributed by atoms with van der Waals surface area (Å²) in [5.41, 5.74) is 2.75. The Bertz CT molecular complexity index is 919. The molecule has 0 aliphatic carbocycles. The first-order chi connectivity index (χ1) is 13.0. The molecule has 0 aliphatic heterocycles. The number of carbonyl (C=O) groups is 1. The number of hydrogen-bond acceptors (Lipinski definition) is 4. The van der Waals surface area contributed by atoms with E-state index in [2.05, 4.69) is 33.2 Å². The van der Waals surface area contributed by atoms with Gasteiger partial charge in [0.05, 0.1) is 38.0 Å². The van der Waals surface area contributed by atoms with Gasteiger partial charge in [0, 0.05) is 18.5 Å². The van der Waals surface area contributed by atoms with Crippen molar-refractivity contribution in [2.45, 2.75) is 13.3 Å². The number of aromatic nitrogens is 1. The highest BCUT2D eigenvalue weighted by molar-refractivity contribution is 7.22. The van der Waals surface area contributed by atoms with E-state index in [1.165, 1.54) is 4.90 Å². The van der Waals surface area contributed by atoms with Gasteiger partial charge in [0.25, 0.3) is 5.91 Å². The van der Waals surface area contributed by atoms with Crippen LogP contribution in [-0.4, -0.2) is 45.2 Å². The van der Waals surface area contributed by atoms with Gasteiger partial charge in [0.2, 0.25) is 0 Å². The van der Waals surface area contributed by atoms with Crippen molar-refractivity contribution >= 4 is 32.6 Å². The maximum Gasteiger partial charge on any atom is 0.260 e. The number of hydrogen-bond donors (Lipinski definition) is 1. The number of rotatable bonds is 7. The molecule has 0 atom stereocenters. The molecule has 3 rings (SSSR count). The first-order valence-electron chi connectivity index (χ1n) is 9.10. The van der Waals surface area contributed by atoms with Gasteiger partial charge in [0.15, 0.2) is 5.13 Å². The van der Waals surface area contributed by atoms with Crippen molar-refractivity contribution in [2.24, 2.45) is 0 Å². The predicted molar refractivity (Wildman–Crippen MR) is 111 cm³/mol. The molecule has 5 nitrogen and oxygen atoms in total. The van der Waals surface area contributed by atoms with Gasteiger partial charge in [0.1, 0.15) is 5.75 Å². The van der Waals surface area contributed by atoms with Crippen LogP contribution in [-0.2, 0) is 0 Å². The largest absolute Gasteiger partial charge is 0.497 e. The number of para-hydroxylation sites is 1. The van der Waals surface area contributed by atoms with Crippen LogP contribution in [0.15, 0.2) is 42.5 Å². The molecule has 3 aromatic rings. The highest BCUT2D eigenvalue weighted by Gasteiger charge is 2.22. The second-order valence-electron chi connectivity index (χ2n) is 6.91. The van der Waals surface area contributed by atoms with Gasteiger partial charge in [-0.05, 0) is 42.8 Å². The third-order valence-corrected chi connectivity index (χ3v) is 5.52. The van der Waals surface area contributed by atoms with E-state index in [1.54, 1.807) is 18.4 Å². The Morgan fingerprint density at radius 2 is 1.93 bits per heavy atom. The second-order valence-corrected chi connectivity index (χ2v) is 7.92. The van der Waals surface area contributed by atoms with E-state index < -0.39 is 0 Å². The van der Waals surface area contributed by atoms with Crippen molar-refractivity contribution in [1.29, 1.82) is 0 Å². The van der Waals surface area contributed by atoms with Crippen molar-refractivity contribution in [3.05, 3.63) is 53.6 Å². The Hall–Kier alpha value is -2.44. The Morgan fingerprint density at radius 1 is 1.19 bits per heavy atom. The topological polar surface area (TPSA) is 46.9 Å². The Balaban J connectivity index is 1.93. The zero-order chi connectivity index (χ0) is 19.4. The van der Waals surface area contributed by atoms with Gasteiger partial charge in [-0.15, -0.1) is 0 Å². The summed E-state index contributed by atoms with van der Waals surface area (Å²) in [5, 5.41) is 0.758. The molecule has 0 saturated carbocycles. The number of carbonyl (C=O) groups excluding carboxylic acids is 1. The molecule has 1 N–H and O–H groups in total. The fourth-order valence-corrected chi connectivity index (χ4v) is 4.02. The van der Waals surface area contributed by atoms with Crippen molar-refractivity contribution in [2.75, 3.05) is 39.2 Å². The van der Waals surface area contributed by atoms with Crippen LogP contribution in [0.2, 0.25) is 0 Å². The highest BCUT2D eigenvalue weighted by Crippen LogP contribution is 2.31. The molecular formula is C21H26N3O2S+. The summed E-state index contributed by atoms with van der Waals surface area (Å²) < 4.78 is 6.31. The van der Waals surface area contributed by atoms with Crippen LogP contribution < -0.4 is 14.5 Å². The van der Waals surface area contributed by atoms with Gasteiger partial charge in [-0.25, -0.2) is 4.98 Å². The Labute approximate surface area is 164 Å². The predicted octanol–water partition coefficient (Wildman–Crippen LogP) is 2.79. The van der Waals surface area contributed by atoms with Crippen molar-refractivity contribution in [3.8, 4) is 5.75 Å². The molecule has 1 amide bonds. The minimum absolute atomic E-state index is 0.0249. The summed E-state index contributed by atoms with van der Waals surface area (Å²) in [6.45, 7) is 3.70. The summed E-state index contributed by atoms with van der Waals surface area (Å²) >= 11 is 1.57. The third kappa shape index (κ3) is 4.46. The number of amides is 1. The quantitative estimate of drug-likeness (QED) is 0.681. The fourth-order valence-electron chi connectivity index (χ4n) is 2.95. The van der Waals surface area contributed by atoms with Crippen LogP contribution in [0, 0.1) is 6.92 Å². The lowest BCUT2D eigenvalue weighted by Crippen LogP contribution is -3.05. The normalized spacial score (nSPS) is 11.1. The van der Waals surface area contributed by atoms with Crippen LogP contribution in [0.3, 0.4) is 0 Å². The van der Waals surface area contributed by atoms with E-state index >= 15 is 0 Å². The van der Waals surface area contributed by atoms with Gasteiger partial charge < -0.3 is 9.64 Å². The summed E-state index contributed by atoms with van der Waals surface area (Å²) in [7, 11) is 5.86. The molecule has 1 aromatic heterocycles. The van der Waals surface area contributed by atoms with Crippen LogP contribution in [0.4, 0.5) is 5.13 Å². The maximum absolute atomic E-state index is 13.2. The second kappa shape index (κ2) is 8.50. The molecule has 0 saturated heterocycles. The number of methoxy groups -OCH3 is 1.